The van der Waals surface area contributed by atoms with E-state index < -0.39 is 0 Å². The van der Waals surface area contributed by atoms with Crippen molar-refractivity contribution < 1.29 is 0 Å². The third-order valence-corrected chi connectivity index (χ3v) is 5.45. The van der Waals surface area contributed by atoms with Crippen molar-refractivity contribution in [3.8, 4) is 0 Å². The molecule has 0 radical (unpaired) electrons. The van der Waals surface area contributed by atoms with Crippen LogP contribution >= 0.6 is 0 Å². The predicted octanol–water partition coefficient (Wildman–Crippen LogP) is 2.28. The van der Waals surface area contributed by atoms with E-state index in [1.165, 1.54) is 12.8 Å². The van der Waals surface area contributed by atoms with Crippen LogP contribution in [0.4, 0.5) is 0 Å². The Morgan fingerprint density at radius 3 is 2.79 bits per heavy atom. The van der Waals surface area contributed by atoms with Crippen molar-refractivity contribution in [2.45, 2.75) is 31.7 Å². The van der Waals surface area contributed by atoms with Gasteiger partial charge in [0.1, 0.15) is 0 Å². The first-order valence-corrected chi connectivity index (χ1v) is 9.11. The highest BCUT2D eigenvalue weighted by atomic mass is 16.1. The smallest absolute Gasteiger partial charge is 0.313 e. The second-order valence-corrected chi connectivity index (χ2v) is 6.96. The lowest BCUT2D eigenvalue weighted by Gasteiger charge is -2.32. The summed E-state index contributed by atoms with van der Waals surface area (Å²) >= 11 is 0. The molecule has 5 nitrogen and oxygen atoms in total. The third-order valence-electron chi connectivity index (χ3n) is 5.45. The average Bonchev–Trinajstić information content (AvgIpc) is 2.97. The van der Waals surface area contributed by atoms with E-state index >= 15 is 0 Å². The summed E-state index contributed by atoms with van der Waals surface area (Å²) in [5.41, 5.74) is 3.63. The Morgan fingerprint density at radius 2 is 2.00 bits per heavy atom. The molecule has 0 spiro atoms. The molecule has 4 rings (SSSR count). The van der Waals surface area contributed by atoms with E-state index in [0.29, 0.717) is 6.04 Å². The lowest BCUT2D eigenvalue weighted by atomic mass is 10.0. The maximum absolute atomic E-state index is 12.3. The van der Waals surface area contributed by atoms with Gasteiger partial charge in [-0.05, 0) is 44.4 Å². The van der Waals surface area contributed by atoms with E-state index in [1.807, 2.05) is 28.8 Å². The molecule has 0 amide bonds. The number of aromatic nitrogens is 2. The Hall–Kier alpha value is -1.85. The monoisotopic (exact) mass is 326 g/mol. The fourth-order valence-electron chi connectivity index (χ4n) is 4.04. The topological polar surface area (TPSA) is 53.1 Å². The first kappa shape index (κ1) is 15.7. The molecule has 128 valence electrons. The van der Waals surface area contributed by atoms with Crippen molar-refractivity contribution in [1.29, 1.82) is 0 Å². The number of fused-ring (bicyclic) bond motifs is 1. The molecule has 2 aliphatic heterocycles. The molecule has 2 aliphatic rings. The Labute approximate surface area is 142 Å². The van der Waals surface area contributed by atoms with Crippen molar-refractivity contribution in [1.82, 2.24) is 19.8 Å². The summed E-state index contributed by atoms with van der Waals surface area (Å²) in [5.74, 6) is 0. The summed E-state index contributed by atoms with van der Waals surface area (Å²) in [5, 5.41) is 3.37. The van der Waals surface area contributed by atoms with Crippen LogP contribution in [0, 0.1) is 0 Å². The molecular weight excluding hydrogens is 300 g/mol. The number of nitrogens with zero attached hydrogens (tertiary/aromatic N) is 2. The number of aromatic amines is 1. The lowest BCUT2D eigenvalue weighted by Crippen LogP contribution is -2.37. The van der Waals surface area contributed by atoms with Crippen LogP contribution < -0.4 is 11.0 Å². The fraction of sp³-hybridized carbons (Fsp3) is 0.526. The van der Waals surface area contributed by atoms with E-state index in [1.54, 1.807) is 5.57 Å². The van der Waals surface area contributed by atoms with E-state index in [-0.39, 0.29) is 5.69 Å². The molecule has 1 fully saturated rings. The van der Waals surface area contributed by atoms with Crippen molar-refractivity contribution in [3.63, 3.8) is 0 Å². The van der Waals surface area contributed by atoms with Gasteiger partial charge in [-0.3, -0.25) is 4.57 Å². The molecular formula is C19H26N4O. The summed E-state index contributed by atoms with van der Waals surface area (Å²) in [4.78, 5) is 17.9. The molecule has 0 atom stereocenters. The van der Waals surface area contributed by atoms with Crippen molar-refractivity contribution >= 4 is 11.0 Å². The SMILES string of the molecule is O=c1[nH]c2ccccc2n1C1CCN(CCC2=CCNCC2)CC1. The highest BCUT2D eigenvalue weighted by molar-refractivity contribution is 5.75. The van der Waals surface area contributed by atoms with Gasteiger partial charge in [-0.2, -0.15) is 0 Å². The number of piperidine rings is 1. The standard InChI is InChI=1S/C19H26N4O/c24-19-21-17-3-1-2-4-18(17)23(19)16-8-13-22(14-9-16)12-7-15-5-10-20-11-6-15/h1-5,16,20H,6-14H2,(H,21,24). The predicted molar refractivity (Wildman–Crippen MR) is 97.5 cm³/mol. The first-order valence-electron chi connectivity index (χ1n) is 9.11. The van der Waals surface area contributed by atoms with E-state index in [9.17, 15) is 4.79 Å². The van der Waals surface area contributed by atoms with Crippen LogP contribution in [0.5, 0.6) is 0 Å². The summed E-state index contributed by atoms with van der Waals surface area (Å²) in [6.07, 6.45) is 6.85. The zero-order valence-corrected chi connectivity index (χ0v) is 14.1. The van der Waals surface area contributed by atoms with Crippen molar-refractivity contribution in [3.05, 3.63) is 46.4 Å². The van der Waals surface area contributed by atoms with E-state index in [2.05, 4.69) is 21.3 Å². The van der Waals surface area contributed by atoms with Gasteiger partial charge in [0.25, 0.3) is 0 Å². The van der Waals surface area contributed by atoms with Crippen LogP contribution in [0.2, 0.25) is 0 Å². The number of benzene rings is 1. The molecule has 3 heterocycles. The van der Waals surface area contributed by atoms with Crippen molar-refractivity contribution in [2.75, 3.05) is 32.7 Å². The van der Waals surface area contributed by atoms with Gasteiger partial charge in [0.15, 0.2) is 0 Å². The van der Waals surface area contributed by atoms with E-state index in [4.69, 9.17) is 0 Å². The quantitative estimate of drug-likeness (QED) is 0.848. The summed E-state index contributed by atoms with van der Waals surface area (Å²) in [7, 11) is 0. The molecule has 5 heteroatoms. The van der Waals surface area contributed by atoms with Crippen LogP contribution in [-0.4, -0.2) is 47.2 Å². The highest BCUT2D eigenvalue weighted by Crippen LogP contribution is 2.25. The number of nitrogens with one attached hydrogen (secondary N) is 2. The second kappa shape index (κ2) is 6.95. The Morgan fingerprint density at radius 1 is 1.17 bits per heavy atom. The first-order chi connectivity index (χ1) is 11.8. The van der Waals surface area contributed by atoms with Gasteiger partial charge >= 0.3 is 5.69 Å². The maximum atomic E-state index is 12.3. The molecule has 0 aliphatic carbocycles. The summed E-state index contributed by atoms with van der Waals surface area (Å²) in [6, 6.07) is 8.33. The normalized spacial score (nSPS) is 20.4. The number of rotatable bonds is 4. The van der Waals surface area contributed by atoms with Crippen LogP contribution in [0.25, 0.3) is 11.0 Å². The van der Waals surface area contributed by atoms with Gasteiger partial charge in [0, 0.05) is 32.2 Å². The summed E-state index contributed by atoms with van der Waals surface area (Å²) < 4.78 is 1.97. The van der Waals surface area contributed by atoms with Crippen LogP contribution in [0.3, 0.4) is 0 Å². The second-order valence-electron chi connectivity index (χ2n) is 6.96. The molecule has 1 saturated heterocycles. The van der Waals surface area contributed by atoms with Gasteiger partial charge in [-0.25, -0.2) is 4.79 Å². The van der Waals surface area contributed by atoms with Gasteiger partial charge < -0.3 is 15.2 Å². The molecule has 0 unspecified atom stereocenters. The maximum Gasteiger partial charge on any atom is 0.326 e. The van der Waals surface area contributed by atoms with Crippen LogP contribution in [0.1, 0.15) is 31.7 Å². The van der Waals surface area contributed by atoms with Gasteiger partial charge in [-0.1, -0.05) is 23.8 Å². The molecule has 24 heavy (non-hydrogen) atoms. The zero-order valence-electron chi connectivity index (χ0n) is 14.1. The average molecular weight is 326 g/mol. The summed E-state index contributed by atoms with van der Waals surface area (Å²) in [6.45, 7) is 5.48. The number of hydrogen-bond acceptors (Lipinski definition) is 3. The van der Waals surface area contributed by atoms with Crippen LogP contribution in [0.15, 0.2) is 40.7 Å². The van der Waals surface area contributed by atoms with Crippen molar-refractivity contribution in [2.24, 2.45) is 0 Å². The molecule has 1 aromatic carbocycles. The van der Waals surface area contributed by atoms with Crippen LogP contribution in [-0.2, 0) is 0 Å². The Bertz CT molecular complexity index is 780. The third kappa shape index (κ3) is 3.19. The zero-order chi connectivity index (χ0) is 16.4. The molecule has 0 saturated carbocycles. The molecule has 2 aromatic rings. The van der Waals surface area contributed by atoms with Gasteiger partial charge in [0.05, 0.1) is 11.0 Å². The fourth-order valence-corrected chi connectivity index (χ4v) is 4.04. The number of para-hydroxylation sites is 2. The number of hydrogen-bond donors (Lipinski definition) is 2. The van der Waals surface area contributed by atoms with E-state index in [0.717, 1.165) is 56.6 Å². The minimum absolute atomic E-state index is 0.0366. The van der Waals surface area contributed by atoms with Gasteiger partial charge in [-0.15, -0.1) is 0 Å². The number of likely N-dealkylation sites (tertiary alicyclic amines) is 1. The number of H-pyrrole nitrogens is 1. The Kier molecular flexibility index (Phi) is 4.54. The Balaban J connectivity index is 1.38. The molecule has 2 N–H and O–H groups in total. The largest absolute Gasteiger partial charge is 0.326 e. The molecule has 1 aromatic heterocycles. The molecule has 0 bridgehead atoms. The van der Waals surface area contributed by atoms with Gasteiger partial charge in [0.2, 0.25) is 0 Å². The lowest BCUT2D eigenvalue weighted by molar-refractivity contribution is 0.188. The minimum atomic E-state index is 0.0366. The number of imidazole rings is 1. The minimum Gasteiger partial charge on any atom is -0.313 e. The highest BCUT2D eigenvalue weighted by Gasteiger charge is 2.23.